The van der Waals surface area contributed by atoms with Gasteiger partial charge < -0.3 is 9.47 Å². The molecule has 0 bridgehead atoms. The van der Waals surface area contributed by atoms with Crippen LogP contribution in [0.5, 0.6) is 17.4 Å². The largest absolute Gasteiger partial charge is 0.497 e. The van der Waals surface area contributed by atoms with E-state index in [1.807, 2.05) is 0 Å². The highest BCUT2D eigenvalue weighted by molar-refractivity contribution is 6.33. The summed E-state index contributed by atoms with van der Waals surface area (Å²) in [5.41, 5.74) is -1.12. The molecule has 8 heteroatoms. The van der Waals surface area contributed by atoms with Gasteiger partial charge in [-0.25, -0.2) is 0 Å². The maximum absolute atomic E-state index is 12.6. The van der Waals surface area contributed by atoms with Crippen molar-refractivity contribution < 1.29 is 22.6 Å². The first-order valence-corrected chi connectivity index (χ1v) is 6.32. The van der Waals surface area contributed by atoms with Crippen LogP contribution in [0.15, 0.2) is 30.3 Å². The van der Waals surface area contributed by atoms with Gasteiger partial charge in [0, 0.05) is 6.07 Å². The second-order valence-corrected chi connectivity index (χ2v) is 4.66. The van der Waals surface area contributed by atoms with E-state index in [0.29, 0.717) is 17.6 Å². The van der Waals surface area contributed by atoms with E-state index < -0.39 is 16.9 Å². The second kappa shape index (κ2) is 5.99. The molecule has 2 rings (SSSR count). The molecule has 0 spiro atoms. The Labute approximate surface area is 128 Å². The summed E-state index contributed by atoms with van der Waals surface area (Å²) in [5, 5.41) is -1.03. The van der Waals surface area contributed by atoms with Crippen LogP contribution in [0.1, 0.15) is 5.56 Å². The van der Waals surface area contributed by atoms with Crippen molar-refractivity contribution in [1.82, 2.24) is 4.98 Å². The Kier molecular flexibility index (Phi) is 4.49. The highest BCUT2D eigenvalue weighted by Gasteiger charge is 2.35. The highest BCUT2D eigenvalue weighted by Crippen LogP contribution is 2.39. The van der Waals surface area contributed by atoms with Crippen LogP contribution in [0.3, 0.4) is 0 Å². The first-order valence-electron chi connectivity index (χ1n) is 5.56. The summed E-state index contributed by atoms with van der Waals surface area (Å²) in [6, 6.07) is 7.11. The molecule has 0 saturated heterocycles. The molecular formula is C13H8Cl2F3NO2. The first-order chi connectivity index (χ1) is 9.81. The molecular weight excluding hydrogens is 330 g/mol. The maximum Gasteiger partial charge on any atom is 0.419 e. The number of aromatic nitrogens is 1. The van der Waals surface area contributed by atoms with Gasteiger partial charge in [0.15, 0.2) is 0 Å². The third-order valence-corrected chi connectivity index (χ3v) is 3.02. The summed E-state index contributed by atoms with van der Waals surface area (Å²) >= 11 is 11.3. The fraction of sp³-hybridized carbons (Fsp3) is 0.154. The summed E-state index contributed by atoms with van der Waals surface area (Å²) in [6.07, 6.45) is -4.64. The zero-order valence-corrected chi connectivity index (χ0v) is 12.1. The zero-order valence-electron chi connectivity index (χ0n) is 10.5. The van der Waals surface area contributed by atoms with Gasteiger partial charge in [-0.15, -0.1) is 0 Å². The Bertz CT molecular complexity index is 662. The number of nitrogens with zero attached hydrogens (tertiary/aromatic N) is 1. The van der Waals surface area contributed by atoms with Crippen LogP contribution in [-0.4, -0.2) is 12.1 Å². The molecule has 0 radical (unpaired) electrons. The lowest BCUT2D eigenvalue weighted by Gasteiger charge is -2.12. The lowest BCUT2D eigenvalue weighted by atomic mass is 10.3. The average Bonchev–Trinajstić information content (AvgIpc) is 2.41. The van der Waals surface area contributed by atoms with Gasteiger partial charge in [0.1, 0.15) is 21.7 Å². The number of alkyl halides is 3. The van der Waals surface area contributed by atoms with Gasteiger partial charge in [0.25, 0.3) is 0 Å². The molecule has 0 aliphatic carbocycles. The van der Waals surface area contributed by atoms with Crippen LogP contribution in [0.4, 0.5) is 13.2 Å². The SMILES string of the molecule is COc1cccc(Oc2nc(Cl)c(C(F)(F)F)cc2Cl)c1. The molecule has 0 aliphatic heterocycles. The molecule has 112 valence electrons. The van der Waals surface area contributed by atoms with Crippen molar-refractivity contribution in [2.45, 2.75) is 6.18 Å². The Hall–Kier alpha value is -1.66. The Morgan fingerprint density at radius 2 is 1.76 bits per heavy atom. The van der Waals surface area contributed by atoms with Crippen LogP contribution in [0, 0.1) is 0 Å². The molecule has 1 aromatic carbocycles. The Morgan fingerprint density at radius 1 is 1.10 bits per heavy atom. The Balaban J connectivity index is 2.35. The van der Waals surface area contributed by atoms with Crippen molar-refractivity contribution in [3.63, 3.8) is 0 Å². The molecule has 0 amide bonds. The highest BCUT2D eigenvalue weighted by atomic mass is 35.5. The third-order valence-electron chi connectivity index (χ3n) is 2.46. The third kappa shape index (κ3) is 3.71. The second-order valence-electron chi connectivity index (χ2n) is 3.89. The van der Waals surface area contributed by atoms with E-state index in [9.17, 15) is 13.2 Å². The average molecular weight is 338 g/mol. The quantitative estimate of drug-likeness (QED) is 0.720. The van der Waals surface area contributed by atoms with Crippen molar-refractivity contribution in [3.05, 3.63) is 46.1 Å². The normalized spacial score (nSPS) is 11.3. The maximum atomic E-state index is 12.6. The fourth-order valence-corrected chi connectivity index (χ4v) is 1.93. The number of benzene rings is 1. The minimum Gasteiger partial charge on any atom is -0.497 e. The van der Waals surface area contributed by atoms with E-state index in [1.165, 1.54) is 13.2 Å². The Morgan fingerprint density at radius 3 is 2.38 bits per heavy atom. The molecule has 21 heavy (non-hydrogen) atoms. The lowest BCUT2D eigenvalue weighted by molar-refractivity contribution is -0.137. The number of halogens is 5. The number of ether oxygens (including phenoxy) is 2. The van der Waals surface area contributed by atoms with Gasteiger partial charge in [-0.2, -0.15) is 18.2 Å². The topological polar surface area (TPSA) is 31.4 Å². The van der Waals surface area contributed by atoms with Gasteiger partial charge in [-0.3, -0.25) is 0 Å². The number of hydrogen-bond acceptors (Lipinski definition) is 3. The van der Waals surface area contributed by atoms with E-state index >= 15 is 0 Å². The molecule has 0 saturated carbocycles. The van der Waals surface area contributed by atoms with E-state index in [2.05, 4.69) is 4.98 Å². The van der Waals surface area contributed by atoms with Crippen molar-refractivity contribution in [2.24, 2.45) is 0 Å². The molecule has 3 nitrogen and oxygen atoms in total. The van der Waals surface area contributed by atoms with Gasteiger partial charge in [0.05, 0.1) is 12.7 Å². The number of pyridine rings is 1. The summed E-state index contributed by atoms with van der Waals surface area (Å²) in [6.45, 7) is 0. The number of methoxy groups -OCH3 is 1. The molecule has 0 unspecified atom stereocenters. The van der Waals surface area contributed by atoms with Gasteiger partial charge >= 0.3 is 6.18 Å². The standard InChI is InChI=1S/C13H8Cl2F3NO2/c1-20-7-3-2-4-8(5-7)21-12-10(14)6-9(11(15)19-12)13(16,17)18/h2-6H,1H3. The monoisotopic (exact) mass is 337 g/mol. The fourth-order valence-electron chi connectivity index (χ4n) is 1.50. The van der Waals surface area contributed by atoms with E-state index in [0.717, 1.165) is 0 Å². The van der Waals surface area contributed by atoms with Crippen LogP contribution >= 0.6 is 23.2 Å². The summed E-state index contributed by atoms with van der Waals surface area (Å²) in [7, 11) is 1.47. The van der Waals surface area contributed by atoms with Crippen LogP contribution in [0.2, 0.25) is 10.2 Å². The van der Waals surface area contributed by atoms with Crippen molar-refractivity contribution in [2.75, 3.05) is 7.11 Å². The lowest BCUT2D eigenvalue weighted by Crippen LogP contribution is -2.07. The molecule has 1 heterocycles. The van der Waals surface area contributed by atoms with E-state index in [-0.39, 0.29) is 10.9 Å². The van der Waals surface area contributed by atoms with E-state index in [1.54, 1.807) is 18.2 Å². The smallest absolute Gasteiger partial charge is 0.419 e. The molecule has 0 fully saturated rings. The van der Waals surface area contributed by atoms with Gasteiger partial charge in [-0.05, 0) is 18.2 Å². The first kappa shape index (κ1) is 15.7. The van der Waals surface area contributed by atoms with E-state index in [4.69, 9.17) is 32.7 Å². The summed E-state index contributed by atoms with van der Waals surface area (Å²) < 4.78 is 48.3. The van der Waals surface area contributed by atoms with Crippen molar-refractivity contribution in [3.8, 4) is 17.4 Å². The van der Waals surface area contributed by atoms with Gasteiger partial charge in [0.2, 0.25) is 5.88 Å². The minimum atomic E-state index is -4.64. The van der Waals surface area contributed by atoms with Crippen LogP contribution < -0.4 is 9.47 Å². The van der Waals surface area contributed by atoms with Crippen LogP contribution in [0.25, 0.3) is 0 Å². The molecule has 0 atom stereocenters. The summed E-state index contributed by atoms with van der Waals surface area (Å²) in [5.74, 6) is 0.601. The number of hydrogen-bond donors (Lipinski definition) is 0. The predicted molar refractivity (Wildman–Crippen MR) is 72.3 cm³/mol. The predicted octanol–water partition coefficient (Wildman–Crippen LogP) is 5.21. The molecule has 1 aromatic heterocycles. The zero-order chi connectivity index (χ0) is 15.6. The van der Waals surface area contributed by atoms with Crippen molar-refractivity contribution in [1.29, 1.82) is 0 Å². The van der Waals surface area contributed by atoms with Gasteiger partial charge in [-0.1, -0.05) is 29.3 Å². The molecule has 2 aromatic rings. The number of rotatable bonds is 3. The van der Waals surface area contributed by atoms with Crippen molar-refractivity contribution >= 4 is 23.2 Å². The molecule has 0 N–H and O–H groups in total. The minimum absolute atomic E-state index is 0.220. The summed E-state index contributed by atoms with van der Waals surface area (Å²) in [4.78, 5) is 3.54. The molecule has 0 aliphatic rings. The van der Waals surface area contributed by atoms with Crippen LogP contribution in [-0.2, 0) is 6.18 Å².